The number of carboxylic acid groups (broad SMARTS) is 1. The molecule has 2 unspecified atom stereocenters. The first-order valence-electron chi connectivity index (χ1n) is 7.20. The Labute approximate surface area is 128 Å². The number of amides is 1. The average molecular weight is 304 g/mol. The third-order valence-electron chi connectivity index (χ3n) is 3.86. The zero-order chi connectivity index (χ0) is 16.4. The molecule has 0 fully saturated rings. The summed E-state index contributed by atoms with van der Waals surface area (Å²) in [6.45, 7) is 7.29. The molecule has 0 aliphatic heterocycles. The van der Waals surface area contributed by atoms with Gasteiger partial charge in [-0.25, -0.2) is 14.3 Å². The zero-order valence-electron chi connectivity index (χ0n) is 13.1. The number of aryl methyl sites for hydroxylation is 2. The van der Waals surface area contributed by atoms with E-state index in [9.17, 15) is 14.7 Å². The summed E-state index contributed by atoms with van der Waals surface area (Å²) in [5, 5.41) is 16.1. The monoisotopic (exact) mass is 304 g/mol. The maximum atomic E-state index is 12.4. The van der Waals surface area contributed by atoms with Gasteiger partial charge in [0, 0.05) is 12.3 Å². The first kappa shape index (κ1) is 15.9. The Hall–Kier alpha value is -2.44. The van der Waals surface area contributed by atoms with Crippen molar-refractivity contribution < 1.29 is 14.7 Å². The Balaban J connectivity index is 2.32. The van der Waals surface area contributed by atoms with E-state index < -0.39 is 17.9 Å². The number of hydrogen-bond acceptors (Lipinski definition) is 4. The van der Waals surface area contributed by atoms with Crippen molar-refractivity contribution in [3.05, 3.63) is 29.2 Å². The van der Waals surface area contributed by atoms with Gasteiger partial charge in [0.05, 0.1) is 17.0 Å². The molecule has 0 aliphatic carbocycles. The van der Waals surface area contributed by atoms with Crippen LogP contribution in [0, 0.1) is 19.8 Å². The number of nitrogens with one attached hydrogen (secondary N) is 1. The van der Waals surface area contributed by atoms with Crippen LogP contribution in [0.3, 0.4) is 0 Å². The number of carbonyl (C=O) groups excluding carboxylic acids is 1. The molecule has 0 saturated carbocycles. The van der Waals surface area contributed by atoms with Crippen LogP contribution in [0.1, 0.15) is 42.0 Å². The molecule has 2 aromatic heterocycles. The van der Waals surface area contributed by atoms with Gasteiger partial charge in [-0.1, -0.05) is 20.3 Å². The normalized spacial score (nSPS) is 13.8. The predicted octanol–water partition coefficient (Wildman–Crippen LogP) is 1.58. The highest BCUT2D eigenvalue weighted by atomic mass is 16.4. The summed E-state index contributed by atoms with van der Waals surface area (Å²) in [5.74, 6) is -1.65. The van der Waals surface area contributed by atoms with E-state index in [1.807, 2.05) is 19.9 Å². The lowest BCUT2D eigenvalue weighted by Crippen LogP contribution is -2.45. The molecule has 2 rings (SSSR count). The Kier molecular flexibility index (Phi) is 4.44. The first-order valence-corrected chi connectivity index (χ1v) is 7.20. The van der Waals surface area contributed by atoms with Crippen molar-refractivity contribution in [1.82, 2.24) is 19.9 Å². The van der Waals surface area contributed by atoms with E-state index in [2.05, 4.69) is 15.4 Å². The lowest BCUT2D eigenvalue weighted by atomic mass is 9.99. The smallest absolute Gasteiger partial charge is 0.326 e. The minimum absolute atomic E-state index is 0.162. The Morgan fingerprint density at radius 2 is 2.09 bits per heavy atom. The molecule has 1 amide bonds. The van der Waals surface area contributed by atoms with Crippen molar-refractivity contribution in [3.63, 3.8) is 0 Å². The molecular formula is C15H20N4O3. The van der Waals surface area contributed by atoms with Gasteiger partial charge in [0.2, 0.25) is 0 Å². The minimum atomic E-state index is -1.04. The van der Waals surface area contributed by atoms with Crippen molar-refractivity contribution in [2.24, 2.45) is 5.92 Å². The number of carbonyl (C=O) groups is 2. The van der Waals surface area contributed by atoms with Gasteiger partial charge in [0.1, 0.15) is 6.04 Å². The second-order valence-electron chi connectivity index (χ2n) is 5.49. The van der Waals surface area contributed by atoms with Gasteiger partial charge >= 0.3 is 5.97 Å². The molecule has 0 bridgehead atoms. The van der Waals surface area contributed by atoms with Gasteiger partial charge in [-0.15, -0.1) is 0 Å². The van der Waals surface area contributed by atoms with Gasteiger partial charge in [0.15, 0.2) is 5.65 Å². The van der Waals surface area contributed by atoms with Gasteiger partial charge < -0.3 is 10.4 Å². The number of aromatic nitrogens is 3. The van der Waals surface area contributed by atoms with Crippen molar-refractivity contribution in [2.45, 2.75) is 40.2 Å². The van der Waals surface area contributed by atoms with E-state index in [1.54, 1.807) is 18.4 Å². The maximum absolute atomic E-state index is 12.4. The van der Waals surface area contributed by atoms with Gasteiger partial charge in [-0.05, 0) is 19.8 Å². The SMILES string of the molecule is CCC(C)C(NC(=O)c1cnc2cc(C)nn2c1C)C(=O)O. The molecule has 7 nitrogen and oxygen atoms in total. The minimum Gasteiger partial charge on any atom is -0.480 e. The van der Waals surface area contributed by atoms with E-state index >= 15 is 0 Å². The predicted molar refractivity (Wildman–Crippen MR) is 80.8 cm³/mol. The Bertz CT molecular complexity index is 723. The molecule has 0 aromatic carbocycles. The van der Waals surface area contributed by atoms with E-state index in [-0.39, 0.29) is 5.92 Å². The van der Waals surface area contributed by atoms with E-state index in [0.29, 0.717) is 23.3 Å². The Morgan fingerprint density at radius 1 is 1.41 bits per heavy atom. The van der Waals surface area contributed by atoms with E-state index in [4.69, 9.17) is 0 Å². The van der Waals surface area contributed by atoms with Crippen LogP contribution in [0.25, 0.3) is 5.65 Å². The van der Waals surface area contributed by atoms with Crippen LogP contribution in [0.15, 0.2) is 12.3 Å². The number of carboxylic acids is 1. The zero-order valence-corrected chi connectivity index (χ0v) is 13.1. The topological polar surface area (TPSA) is 96.6 Å². The first-order chi connectivity index (χ1) is 10.3. The van der Waals surface area contributed by atoms with E-state index in [0.717, 1.165) is 5.69 Å². The number of hydrogen-bond donors (Lipinski definition) is 2. The molecule has 2 N–H and O–H groups in total. The number of aliphatic carboxylic acids is 1. The summed E-state index contributed by atoms with van der Waals surface area (Å²) in [6.07, 6.45) is 2.11. The molecule has 0 radical (unpaired) electrons. The molecule has 2 heterocycles. The fourth-order valence-electron chi connectivity index (χ4n) is 2.29. The fourth-order valence-corrected chi connectivity index (χ4v) is 2.29. The van der Waals surface area contributed by atoms with Gasteiger partial charge in [-0.3, -0.25) is 4.79 Å². The molecule has 2 atom stereocenters. The number of rotatable bonds is 5. The van der Waals surface area contributed by atoms with Gasteiger partial charge in [-0.2, -0.15) is 5.10 Å². The molecular weight excluding hydrogens is 284 g/mol. The average Bonchev–Trinajstić information content (AvgIpc) is 2.85. The largest absolute Gasteiger partial charge is 0.480 e. The molecule has 2 aromatic rings. The van der Waals surface area contributed by atoms with Crippen molar-refractivity contribution in [2.75, 3.05) is 0 Å². The van der Waals surface area contributed by atoms with Crippen LogP contribution in [0.4, 0.5) is 0 Å². The molecule has 22 heavy (non-hydrogen) atoms. The van der Waals surface area contributed by atoms with Crippen molar-refractivity contribution in [3.8, 4) is 0 Å². The summed E-state index contributed by atoms with van der Waals surface area (Å²) in [7, 11) is 0. The molecule has 118 valence electrons. The summed E-state index contributed by atoms with van der Waals surface area (Å²) in [5.41, 5.74) is 2.41. The van der Waals surface area contributed by atoms with Gasteiger partial charge in [0.25, 0.3) is 5.91 Å². The van der Waals surface area contributed by atoms with Crippen LogP contribution >= 0.6 is 0 Å². The fraction of sp³-hybridized carbons (Fsp3) is 0.467. The second-order valence-corrected chi connectivity index (χ2v) is 5.49. The molecule has 0 saturated heterocycles. The quantitative estimate of drug-likeness (QED) is 0.874. The third kappa shape index (κ3) is 2.93. The second kappa shape index (κ2) is 6.13. The number of fused-ring (bicyclic) bond motifs is 1. The van der Waals surface area contributed by atoms with E-state index in [1.165, 1.54) is 6.20 Å². The lowest BCUT2D eigenvalue weighted by molar-refractivity contribution is -0.140. The highest BCUT2D eigenvalue weighted by Gasteiger charge is 2.26. The van der Waals surface area contributed by atoms with Crippen molar-refractivity contribution in [1.29, 1.82) is 0 Å². The molecule has 0 aliphatic rings. The summed E-state index contributed by atoms with van der Waals surface area (Å²) < 4.78 is 1.59. The highest BCUT2D eigenvalue weighted by Crippen LogP contribution is 2.13. The van der Waals surface area contributed by atoms with Crippen molar-refractivity contribution >= 4 is 17.5 Å². The number of nitrogens with zero attached hydrogens (tertiary/aromatic N) is 3. The van der Waals surface area contributed by atoms with Crippen LogP contribution in [-0.4, -0.2) is 37.6 Å². The summed E-state index contributed by atoms with van der Waals surface area (Å²) >= 11 is 0. The van der Waals surface area contributed by atoms with Crippen LogP contribution < -0.4 is 5.32 Å². The van der Waals surface area contributed by atoms with Crippen LogP contribution in [0.2, 0.25) is 0 Å². The maximum Gasteiger partial charge on any atom is 0.326 e. The lowest BCUT2D eigenvalue weighted by Gasteiger charge is -2.20. The van der Waals surface area contributed by atoms with Crippen LogP contribution in [0.5, 0.6) is 0 Å². The highest BCUT2D eigenvalue weighted by molar-refractivity contribution is 5.97. The summed E-state index contributed by atoms with van der Waals surface area (Å²) in [4.78, 5) is 27.9. The van der Waals surface area contributed by atoms with Crippen LogP contribution in [-0.2, 0) is 4.79 Å². The third-order valence-corrected chi connectivity index (χ3v) is 3.86. The standard InChI is InChI=1S/C15H20N4O3/c1-5-8(2)13(15(21)22)17-14(20)11-7-16-12-6-9(3)18-19(12)10(11)4/h6-8,13H,5H2,1-4H3,(H,17,20)(H,21,22). The molecule has 0 spiro atoms. The Morgan fingerprint density at radius 3 is 2.68 bits per heavy atom. The summed E-state index contributed by atoms with van der Waals surface area (Å²) in [6, 6.07) is 0.889. The molecule has 7 heteroatoms.